The van der Waals surface area contributed by atoms with Gasteiger partial charge in [0.05, 0.1) is 5.88 Å². The number of nitrogens with zero attached hydrogens (tertiary/aromatic N) is 3. The molecule has 3 atom stereocenters. The average Bonchev–Trinajstić information content (AvgIpc) is 3.16. The molecule has 3 heterocycles. The Morgan fingerprint density at radius 1 is 1.11 bits per heavy atom. The highest BCUT2D eigenvalue weighted by atomic mass is 32.2. The first kappa shape index (κ1) is 19.3. The molecular formula is C21H27N3O3S. The number of benzene rings is 1. The molecule has 3 fully saturated rings. The molecular weight excluding hydrogens is 374 g/mol. The number of hydrogen-bond donors (Lipinski definition) is 0. The summed E-state index contributed by atoms with van der Waals surface area (Å²) < 4.78 is 0. The third-order valence-electron chi connectivity index (χ3n) is 5.86. The highest BCUT2D eigenvalue weighted by Crippen LogP contribution is 2.27. The van der Waals surface area contributed by atoms with E-state index in [9.17, 15) is 14.4 Å². The minimum absolute atomic E-state index is 0.0229. The summed E-state index contributed by atoms with van der Waals surface area (Å²) in [6.07, 6.45) is 1.17. The quantitative estimate of drug-likeness (QED) is 0.778. The van der Waals surface area contributed by atoms with Crippen LogP contribution in [0.2, 0.25) is 0 Å². The molecule has 4 rings (SSSR count). The first-order valence-electron chi connectivity index (χ1n) is 9.96. The van der Waals surface area contributed by atoms with Crippen LogP contribution >= 0.6 is 11.8 Å². The molecule has 0 radical (unpaired) electrons. The predicted molar refractivity (Wildman–Crippen MR) is 109 cm³/mol. The first-order chi connectivity index (χ1) is 13.4. The fraction of sp³-hybridized carbons (Fsp3) is 0.571. The lowest BCUT2D eigenvalue weighted by Crippen LogP contribution is -2.57. The monoisotopic (exact) mass is 401 g/mol. The highest BCUT2D eigenvalue weighted by molar-refractivity contribution is 7.99. The van der Waals surface area contributed by atoms with Crippen molar-refractivity contribution in [3.8, 4) is 0 Å². The number of carbonyl (C=O) groups is 3. The molecule has 1 aromatic rings. The van der Waals surface area contributed by atoms with E-state index < -0.39 is 0 Å². The maximum absolute atomic E-state index is 12.8. The van der Waals surface area contributed by atoms with Crippen LogP contribution in [0, 0.1) is 11.8 Å². The fourth-order valence-electron chi connectivity index (χ4n) is 4.55. The van der Waals surface area contributed by atoms with Crippen molar-refractivity contribution < 1.29 is 14.4 Å². The SMILES string of the molecule is C[C@@H]1C[C@H](C)CN(C(=O)c2ccc(CN3CC(=O)N4CSC[C@@H]4C3=O)cc2)C1. The van der Waals surface area contributed by atoms with E-state index >= 15 is 0 Å². The van der Waals surface area contributed by atoms with Crippen LogP contribution in [0.4, 0.5) is 0 Å². The number of thioether (sulfide) groups is 1. The number of carbonyl (C=O) groups excluding carboxylic acids is 3. The van der Waals surface area contributed by atoms with E-state index in [1.165, 1.54) is 6.42 Å². The van der Waals surface area contributed by atoms with Crippen LogP contribution in [-0.2, 0) is 16.1 Å². The average molecular weight is 402 g/mol. The molecule has 0 spiro atoms. The number of piperazine rings is 1. The Balaban J connectivity index is 1.41. The minimum atomic E-state index is -0.310. The smallest absolute Gasteiger partial charge is 0.253 e. The van der Waals surface area contributed by atoms with Gasteiger partial charge in [-0.2, -0.15) is 0 Å². The molecule has 3 aliphatic heterocycles. The molecule has 3 aliphatic rings. The van der Waals surface area contributed by atoms with Gasteiger partial charge in [0.15, 0.2) is 0 Å². The minimum Gasteiger partial charge on any atom is -0.338 e. The van der Waals surface area contributed by atoms with Crippen LogP contribution in [0.1, 0.15) is 36.2 Å². The van der Waals surface area contributed by atoms with Gasteiger partial charge in [-0.3, -0.25) is 14.4 Å². The van der Waals surface area contributed by atoms with Gasteiger partial charge in [0, 0.05) is 31.0 Å². The molecule has 3 saturated heterocycles. The van der Waals surface area contributed by atoms with Crippen molar-refractivity contribution in [1.82, 2.24) is 14.7 Å². The summed E-state index contributed by atoms with van der Waals surface area (Å²) in [6, 6.07) is 7.18. The Morgan fingerprint density at radius 2 is 1.79 bits per heavy atom. The van der Waals surface area contributed by atoms with E-state index in [4.69, 9.17) is 0 Å². The lowest BCUT2D eigenvalue weighted by atomic mass is 9.91. The van der Waals surface area contributed by atoms with Gasteiger partial charge in [-0.05, 0) is 36.0 Å². The van der Waals surface area contributed by atoms with E-state index in [1.54, 1.807) is 21.6 Å². The van der Waals surface area contributed by atoms with Crippen LogP contribution in [0.15, 0.2) is 24.3 Å². The third-order valence-corrected chi connectivity index (χ3v) is 6.87. The molecule has 150 valence electrons. The van der Waals surface area contributed by atoms with Crippen molar-refractivity contribution >= 4 is 29.5 Å². The van der Waals surface area contributed by atoms with Crippen molar-refractivity contribution in [3.05, 3.63) is 35.4 Å². The second-order valence-electron chi connectivity index (χ2n) is 8.43. The standard InChI is InChI=1S/C21H27N3O3S/c1-14-7-15(2)9-22(8-14)20(26)17-5-3-16(4-6-17)10-23-11-19(25)24-13-28-12-18(24)21(23)27/h3-6,14-15,18H,7-13H2,1-2H3/t14-,15+,18-/m1/s1. The molecule has 0 aromatic heterocycles. The molecule has 0 bridgehead atoms. The van der Waals surface area contributed by atoms with Crippen LogP contribution in [0.3, 0.4) is 0 Å². The zero-order valence-corrected chi connectivity index (χ0v) is 17.3. The molecule has 28 heavy (non-hydrogen) atoms. The fourth-order valence-corrected chi connectivity index (χ4v) is 5.73. The molecule has 0 unspecified atom stereocenters. The van der Waals surface area contributed by atoms with Gasteiger partial charge in [0.1, 0.15) is 12.6 Å². The zero-order chi connectivity index (χ0) is 19.8. The summed E-state index contributed by atoms with van der Waals surface area (Å²) >= 11 is 1.63. The van der Waals surface area contributed by atoms with E-state index in [1.807, 2.05) is 29.2 Å². The van der Waals surface area contributed by atoms with Crippen molar-refractivity contribution in [2.75, 3.05) is 31.3 Å². The largest absolute Gasteiger partial charge is 0.338 e. The van der Waals surface area contributed by atoms with E-state index in [2.05, 4.69) is 13.8 Å². The number of amides is 3. The summed E-state index contributed by atoms with van der Waals surface area (Å²) in [7, 11) is 0. The number of fused-ring (bicyclic) bond motifs is 1. The molecule has 0 aliphatic carbocycles. The topological polar surface area (TPSA) is 60.9 Å². The Labute approximate surface area is 170 Å². The second kappa shape index (κ2) is 7.78. The number of likely N-dealkylation sites (tertiary alicyclic amines) is 1. The predicted octanol–water partition coefficient (Wildman–Crippen LogP) is 2.05. The van der Waals surface area contributed by atoms with Crippen LogP contribution in [-0.4, -0.2) is 69.7 Å². The van der Waals surface area contributed by atoms with E-state index in [0.717, 1.165) is 18.7 Å². The zero-order valence-electron chi connectivity index (χ0n) is 16.5. The van der Waals surface area contributed by atoms with Gasteiger partial charge in [-0.15, -0.1) is 11.8 Å². The van der Waals surface area contributed by atoms with Gasteiger partial charge in [0.25, 0.3) is 5.91 Å². The van der Waals surface area contributed by atoms with Crippen LogP contribution < -0.4 is 0 Å². The maximum Gasteiger partial charge on any atom is 0.253 e. The van der Waals surface area contributed by atoms with Gasteiger partial charge >= 0.3 is 0 Å². The summed E-state index contributed by atoms with van der Waals surface area (Å²) in [6.45, 7) is 6.56. The van der Waals surface area contributed by atoms with Crippen LogP contribution in [0.25, 0.3) is 0 Å². The Hall–Kier alpha value is -2.02. The number of hydrogen-bond acceptors (Lipinski definition) is 4. The lowest BCUT2D eigenvalue weighted by Gasteiger charge is -2.36. The van der Waals surface area contributed by atoms with Gasteiger partial charge < -0.3 is 14.7 Å². The Bertz CT molecular complexity index is 772. The van der Waals surface area contributed by atoms with Crippen molar-refractivity contribution in [1.29, 1.82) is 0 Å². The first-order valence-corrected chi connectivity index (χ1v) is 11.1. The molecule has 0 saturated carbocycles. The molecule has 1 aromatic carbocycles. The lowest BCUT2D eigenvalue weighted by molar-refractivity contribution is -0.153. The van der Waals surface area contributed by atoms with Gasteiger partial charge in [-0.1, -0.05) is 26.0 Å². The molecule has 7 heteroatoms. The maximum atomic E-state index is 12.8. The molecule has 6 nitrogen and oxygen atoms in total. The summed E-state index contributed by atoms with van der Waals surface area (Å²) in [5.74, 6) is 2.49. The Kier molecular flexibility index (Phi) is 5.36. The van der Waals surface area contributed by atoms with E-state index in [-0.39, 0.29) is 30.3 Å². The highest BCUT2D eigenvalue weighted by Gasteiger charge is 2.42. The second-order valence-corrected chi connectivity index (χ2v) is 9.43. The van der Waals surface area contributed by atoms with E-state index in [0.29, 0.717) is 35.6 Å². The van der Waals surface area contributed by atoms with Crippen molar-refractivity contribution in [2.45, 2.75) is 32.9 Å². The normalized spacial score (nSPS) is 27.9. The number of rotatable bonds is 3. The molecule has 0 N–H and O–H groups in total. The Morgan fingerprint density at radius 3 is 2.46 bits per heavy atom. The van der Waals surface area contributed by atoms with Gasteiger partial charge in [-0.25, -0.2) is 0 Å². The summed E-state index contributed by atoms with van der Waals surface area (Å²) in [5.41, 5.74) is 1.63. The van der Waals surface area contributed by atoms with Crippen LogP contribution in [0.5, 0.6) is 0 Å². The summed E-state index contributed by atoms with van der Waals surface area (Å²) in [5, 5.41) is 0. The summed E-state index contributed by atoms with van der Waals surface area (Å²) in [4.78, 5) is 43.0. The molecule has 3 amide bonds. The van der Waals surface area contributed by atoms with Crippen molar-refractivity contribution in [3.63, 3.8) is 0 Å². The third kappa shape index (κ3) is 3.77. The number of piperidine rings is 1. The van der Waals surface area contributed by atoms with Gasteiger partial charge in [0.2, 0.25) is 11.8 Å². The van der Waals surface area contributed by atoms with Crippen molar-refractivity contribution in [2.24, 2.45) is 11.8 Å².